The highest BCUT2D eigenvalue weighted by Crippen LogP contribution is 2.29. The van der Waals surface area contributed by atoms with Gasteiger partial charge in [-0.3, -0.25) is 4.79 Å². The van der Waals surface area contributed by atoms with Crippen LogP contribution < -0.4 is 15.8 Å². The molecule has 0 fully saturated rings. The van der Waals surface area contributed by atoms with E-state index < -0.39 is 23.3 Å². The van der Waals surface area contributed by atoms with Crippen LogP contribution in [0.25, 0.3) is 22.3 Å². The number of imidazole rings is 2. The van der Waals surface area contributed by atoms with Crippen LogP contribution in [0.4, 0.5) is 28.9 Å². The van der Waals surface area contributed by atoms with Gasteiger partial charge in [0.15, 0.2) is 0 Å². The van der Waals surface area contributed by atoms with Crippen LogP contribution in [0.1, 0.15) is 52.4 Å². The molecule has 0 unspecified atom stereocenters. The lowest BCUT2D eigenvalue weighted by Crippen LogP contribution is -2.11. The van der Waals surface area contributed by atoms with E-state index in [0.29, 0.717) is 35.4 Å². The van der Waals surface area contributed by atoms with Crippen molar-refractivity contribution >= 4 is 46.0 Å². The third-order valence-electron chi connectivity index (χ3n) is 9.15. The minimum absolute atomic E-state index is 0.0645. The number of anilines is 2. The topological polar surface area (TPSA) is 137 Å². The number of nitrogen functional groups attached to an aromatic ring is 1. The maximum absolute atomic E-state index is 15.6. The summed E-state index contributed by atoms with van der Waals surface area (Å²) in [7, 11) is 1.82. The molecule has 4 aromatic carbocycles. The zero-order valence-electron chi connectivity index (χ0n) is 31.1. The Labute approximate surface area is 330 Å². The smallest absolute Gasteiger partial charge is 0.214 e. The molecule has 57 heavy (non-hydrogen) atoms. The van der Waals surface area contributed by atoms with Crippen molar-refractivity contribution in [1.29, 1.82) is 5.41 Å². The van der Waals surface area contributed by atoms with E-state index >= 15 is 8.78 Å². The molecule has 0 radical (unpaired) electrons. The van der Waals surface area contributed by atoms with Gasteiger partial charge in [-0.25, -0.2) is 32.5 Å². The van der Waals surface area contributed by atoms with Gasteiger partial charge < -0.3 is 30.3 Å². The van der Waals surface area contributed by atoms with Crippen molar-refractivity contribution in [3.05, 3.63) is 153 Å². The lowest BCUT2D eigenvalue weighted by molar-refractivity contribution is 0.112. The average Bonchev–Trinajstić information content (AvgIpc) is 3.80. The number of carbonyl (C=O) groups is 1. The Kier molecular flexibility index (Phi) is 12.3. The normalized spacial score (nSPS) is 10.9. The van der Waals surface area contributed by atoms with E-state index in [1.165, 1.54) is 37.3 Å². The predicted molar refractivity (Wildman–Crippen MR) is 213 cm³/mol. The van der Waals surface area contributed by atoms with E-state index in [1.54, 1.807) is 36.8 Å². The molecule has 3 aromatic heterocycles. The third-order valence-corrected chi connectivity index (χ3v) is 9.39. The van der Waals surface area contributed by atoms with Crippen LogP contribution in [-0.4, -0.2) is 43.1 Å². The number of nitrogens with one attached hydrogen (secondary N) is 2. The summed E-state index contributed by atoms with van der Waals surface area (Å²) in [5, 5.41) is 10.7. The van der Waals surface area contributed by atoms with Crippen molar-refractivity contribution < 1.29 is 27.1 Å². The van der Waals surface area contributed by atoms with Crippen molar-refractivity contribution in [2.24, 2.45) is 0 Å². The zero-order chi connectivity index (χ0) is 40.8. The van der Waals surface area contributed by atoms with Gasteiger partial charge in [-0.15, -0.1) is 0 Å². The van der Waals surface area contributed by atoms with Crippen LogP contribution in [-0.2, 0) is 26.1 Å². The second kappa shape index (κ2) is 17.5. The van der Waals surface area contributed by atoms with Crippen LogP contribution in [0, 0.1) is 28.7 Å². The number of carbonyl (C=O) groups excluding carboxylic acids is 1. The molecule has 0 aliphatic rings. The highest BCUT2D eigenvalue weighted by molar-refractivity contribution is 6.30. The van der Waals surface area contributed by atoms with Gasteiger partial charge in [0.1, 0.15) is 42.0 Å². The lowest BCUT2D eigenvalue weighted by atomic mass is 10.0. The van der Waals surface area contributed by atoms with Gasteiger partial charge in [-0.05, 0) is 74.5 Å². The fourth-order valence-electron chi connectivity index (χ4n) is 6.11. The molecule has 0 aliphatic heterocycles. The van der Waals surface area contributed by atoms with Gasteiger partial charge in [-0.2, -0.15) is 0 Å². The number of halogens is 5. The molecule has 4 N–H and O–H groups in total. The number of nitrogens with two attached hydrogens (primary N) is 1. The zero-order valence-corrected chi connectivity index (χ0v) is 31.8. The van der Waals surface area contributed by atoms with E-state index in [9.17, 15) is 13.6 Å². The van der Waals surface area contributed by atoms with E-state index in [2.05, 4.69) is 15.3 Å². The molecule has 3 heterocycles. The van der Waals surface area contributed by atoms with Gasteiger partial charge in [0.2, 0.25) is 5.88 Å². The van der Waals surface area contributed by atoms with Crippen molar-refractivity contribution in [3.63, 3.8) is 0 Å². The van der Waals surface area contributed by atoms with Crippen molar-refractivity contribution in [1.82, 2.24) is 24.1 Å². The molecule has 0 amide bonds. The van der Waals surface area contributed by atoms with E-state index in [4.69, 9.17) is 32.5 Å². The van der Waals surface area contributed by atoms with Crippen LogP contribution >= 0.6 is 11.6 Å². The monoisotopic (exact) mass is 796 g/mol. The average molecular weight is 797 g/mol. The number of benzene rings is 4. The molecule has 0 bridgehead atoms. The van der Waals surface area contributed by atoms with Crippen LogP contribution in [0.2, 0.25) is 5.02 Å². The fourth-order valence-corrected chi connectivity index (χ4v) is 6.27. The first-order chi connectivity index (χ1) is 27.4. The Hall–Kier alpha value is -6.54. The number of aldehydes is 1. The number of pyridine rings is 1. The van der Waals surface area contributed by atoms with Crippen LogP contribution in [0.5, 0.6) is 5.88 Å². The quantitative estimate of drug-likeness (QED) is 0.0485. The van der Waals surface area contributed by atoms with Crippen molar-refractivity contribution in [3.8, 4) is 17.1 Å². The summed E-state index contributed by atoms with van der Waals surface area (Å²) in [5.41, 5.74) is 10.0. The summed E-state index contributed by atoms with van der Waals surface area (Å²) in [4.78, 5) is 23.8. The lowest BCUT2D eigenvalue weighted by Gasteiger charge is -2.13. The first-order valence-corrected chi connectivity index (χ1v) is 18.0. The summed E-state index contributed by atoms with van der Waals surface area (Å²) in [6.45, 7) is 4.61. The molecule has 7 aromatic rings. The highest BCUT2D eigenvalue weighted by atomic mass is 35.5. The number of nitrogens with zero attached hydrogens (tertiary/aromatic N) is 5. The number of rotatable bonds is 12. The maximum atomic E-state index is 15.6. The summed E-state index contributed by atoms with van der Waals surface area (Å²) in [5.74, 6) is -1.89. The van der Waals surface area contributed by atoms with E-state index in [-0.39, 0.29) is 57.6 Å². The second-order valence-electron chi connectivity index (χ2n) is 12.9. The first kappa shape index (κ1) is 40.1. The van der Waals surface area contributed by atoms with Crippen molar-refractivity contribution in [2.75, 3.05) is 18.1 Å². The third kappa shape index (κ3) is 9.13. The van der Waals surface area contributed by atoms with Gasteiger partial charge in [0.25, 0.3) is 0 Å². The molecule has 0 saturated carbocycles. The Balaban J connectivity index is 0.000000360. The van der Waals surface area contributed by atoms with Gasteiger partial charge >= 0.3 is 0 Å². The second-order valence-corrected chi connectivity index (χ2v) is 13.4. The van der Waals surface area contributed by atoms with Gasteiger partial charge in [0, 0.05) is 76.5 Å². The van der Waals surface area contributed by atoms with E-state index in [0.717, 1.165) is 29.5 Å². The summed E-state index contributed by atoms with van der Waals surface area (Å²) in [6.07, 6.45) is 4.00. The molecule has 0 aliphatic carbocycles. The molecule has 7 rings (SSSR count). The van der Waals surface area contributed by atoms with E-state index in [1.807, 2.05) is 41.3 Å². The largest absolute Gasteiger partial charge is 0.473 e. The minimum atomic E-state index is -0.718. The molecular formula is C42H37ClF4N8O2. The Morgan fingerprint density at radius 2 is 1.74 bits per heavy atom. The minimum Gasteiger partial charge on any atom is -0.473 e. The Morgan fingerprint density at radius 3 is 2.42 bits per heavy atom. The molecule has 0 saturated heterocycles. The molecule has 0 atom stereocenters. The number of ether oxygens (including phenoxy) is 1. The van der Waals surface area contributed by atoms with Gasteiger partial charge in [0.05, 0.1) is 41.0 Å². The maximum Gasteiger partial charge on any atom is 0.214 e. The highest BCUT2D eigenvalue weighted by Gasteiger charge is 2.20. The number of aromatic nitrogens is 5. The molecule has 292 valence electrons. The van der Waals surface area contributed by atoms with Crippen LogP contribution in [0.3, 0.4) is 0 Å². The fraction of sp³-hybridized carbons (Fsp3) is 0.167. The summed E-state index contributed by atoms with van der Waals surface area (Å²) < 4.78 is 68.0. The Bertz CT molecular complexity index is 2580. The standard InChI is InChI=1S/C33H28ClF3N6O.C9H9FN2O/c1-3-42-19-39-16-24(42)17-43-31-10-9-23(38-2)14-30(31)40-32(43)15-25-27(36)11-21(12-28(25)37)29-5-4-6-33(41-29)44-18-20-7-8-22(34)13-26(20)35;1-5(11)7-2-6(4-13)3-8(10)9(7)12/h4-14,16,19,38H,3,15,17-18H2,1-2H3;2-4,11H,12H2,1H3. The molecule has 15 heteroatoms. The summed E-state index contributed by atoms with van der Waals surface area (Å²) in [6, 6.07) is 19.9. The Morgan fingerprint density at radius 1 is 0.965 bits per heavy atom. The van der Waals surface area contributed by atoms with Crippen LogP contribution in [0.15, 0.2) is 91.4 Å². The molecule has 0 spiro atoms. The number of aryl methyl sites for hydroxylation is 1. The number of fused-ring (bicyclic) bond motifs is 1. The number of hydrogen-bond donors (Lipinski definition) is 3. The molecular weight excluding hydrogens is 760 g/mol. The number of hydrogen-bond acceptors (Lipinski definition) is 8. The molecule has 10 nitrogen and oxygen atoms in total. The predicted octanol–water partition coefficient (Wildman–Crippen LogP) is 9.25. The summed E-state index contributed by atoms with van der Waals surface area (Å²) >= 11 is 5.82. The first-order valence-electron chi connectivity index (χ1n) is 17.7. The SMILES string of the molecule is CC(=N)c1cc(C=O)cc(F)c1N.CCn1cncc1Cn1c(Cc2c(F)cc(-c3cccc(OCc4ccc(Cl)cc4F)n3)cc2F)nc2cc(NC)ccc21. The van der Waals surface area contributed by atoms with Gasteiger partial charge in [-0.1, -0.05) is 23.7 Å². The van der Waals surface area contributed by atoms with Crippen molar-refractivity contribution in [2.45, 2.75) is 40.0 Å².